The van der Waals surface area contributed by atoms with Crippen molar-refractivity contribution in [3.63, 3.8) is 0 Å². The minimum absolute atomic E-state index is 0.118. The predicted molar refractivity (Wildman–Crippen MR) is 112 cm³/mol. The Bertz CT molecular complexity index is 1180. The molecule has 150 valence electrons. The fraction of sp³-hybridized carbons (Fsp3) is 0.100. The van der Waals surface area contributed by atoms with E-state index in [0.29, 0.717) is 22.2 Å². The molecule has 4 rings (SSSR count). The number of hydrogen-bond donors (Lipinski definition) is 1. The highest BCUT2D eigenvalue weighted by Crippen LogP contribution is 2.21. The standard InChI is InChI=1S/C20H17ClN8O/c1-14-17(19(21)29(25-14)16-10-6-3-7-11-16)12-22-23-18(30)13-28-26-20(24-27-28)15-8-4-2-5-9-15/h2-12H,13H2,1H3,(H,23,30). The summed E-state index contributed by atoms with van der Waals surface area (Å²) in [4.78, 5) is 13.3. The monoisotopic (exact) mass is 420 g/mol. The van der Waals surface area contributed by atoms with Crippen molar-refractivity contribution in [1.29, 1.82) is 0 Å². The van der Waals surface area contributed by atoms with Crippen molar-refractivity contribution in [1.82, 2.24) is 35.4 Å². The number of halogens is 1. The Hall–Kier alpha value is -3.85. The summed E-state index contributed by atoms with van der Waals surface area (Å²) < 4.78 is 1.62. The van der Waals surface area contributed by atoms with Crippen LogP contribution in [0.15, 0.2) is 65.8 Å². The summed E-state index contributed by atoms with van der Waals surface area (Å²) in [5, 5.41) is 20.9. The molecule has 9 nitrogen and oxygen atoms in total. The Morgan fingerprint density at radius 2 is 1.80 bits per heavy atom. The lowest BCUT2D eigenvalue weighted by Crippen LogP contribution is -2.24. The average Bonchev–Trinajstić information content (AvgIpc) is 3.34. The van der Waals surface area contributed by atoms with Gasteiger partial charge in [0.25, 0.3) is 5.91 Å². The van der Waals surface area contributed by atoms with Gasteiger partial charge in [0.15, 0.2) is 0 Å². The lowest BCUT2D eigenvalue weighted by molar-refractivity contribution is -0.122. The molecule has 0 spiro atoms. The summed E-state index contributed by atoms with van der Waals surface area (Å²) in [5.41, 5.74) is 5.40. The molecule has 0 unspecified atom stereocenters. The fourth-order valence-corrected chi connectivity index (χ4v) is 3.06. The molecule has 2 heterocycles. The number of nitrogens with one attached hydrogen (secondary N) is 1. The molecule has 0 fully saturated rings. The van der Waals surface area contributed by atoms with Gasteiger partial charge >= 0.3 is 0 Å². The van der Waals surface area contributed by atoms with Crippen molar-refractivity contribution >= 4 is 23.7 Å². The summed E-state index contributed by atoms with van der Waals surface area (Å²) in [6.07, 6.45) is 1.46. The highest BCUT2D eigenvalue weighted by molar-refractivity contribution is 6.32. The van der Waals surface area contributed by atoms with Crippen molar-refractivity contribution < 1.29 is 4.79 Å². The van der Waals surface area contributed by atoms with E-state index in [1.807, 2.05) is 67.6 Å². The Balaban J connectivity index is 1.40. The number of aryl methyl sites for hydroxylation is 1. The predicted octanol–water partition coefficient (Wildman–Crippen LogP) is 2.64. The zero-order chi connectivity index (χ0) is 20.9. The second-order valence-corrected chi connectivity index (χ2v) is 6.70. The van der Waals surface area contributed by atoms with Gasteiger partial charge in [-0.25, -0.2) is 10.1 Å². The van der Waals surface area contributed by atoms with E-state index < -0.39 is 5.91 Å². The first-order chi connectivity index (χ1) is 14.6. The van der Waals surface area contributed by atoms with Gasteiger partial charge in [-0.05, 0) is 24.3 Å². The number of nitrogens with zero attached hydrogens (tertiary/aromatic N) is 7. The molecule has 1 N–H and O–H groups in total. The van der Waals surface area contributed by atoms with Gasteiger partial charge < -0.3 is 0 Å². The summed E-state index contributed by atoms with van der Waals surface area (Å²) in [5.74, 6) is 0.0510. The number of carbonyl (C=O) groups excluding carboxylic acids is 1. The molecule has 10 heteroatoms. The van der Waals surface area contributed by atoms with Crippen LogP contribution in [0.2, 0.25) is 5.15 Å². The van der Waals surface area contributed by atoms with Gasteiger partial charge in [0, 0.05) is 5.56 Å². The number of aromatic nitrogens is 6. The van der Waals surface area contributed by atoms with Crippen LogP contribution in [0.5, 0.6) is 0 Å². The molecule has 2 aromatic carbocycles. The van der Waals surface area contributed by atoms with Crippen molar-refractivity contribution in [3.8, 4) is 17.1 Å². The van der Waals surface area contributed by atoms with E-state index in [-0.39, 0.29) is 6.54 Å². The lowest BCUT2D eigenvalue weighted by Gasteiger charge is -2.02. The summed E-state index contributed by atoms with van der Waals surface area (Å²) in [6.45, 7) is 1.70. The Kier molecular flexibility index (Phi) is 5.62. The molecule has 0 radical (unpaired) electrons. The molecule has 0 atom stereocenters. The van der Waals surface area contributed by atoms with Crippen LogP contribution < -0.4 is 5.43 Å². The molecule has 0 aliphatic heterocycles. The average molecular weight is 421 g/mol. The van der Waals surface area contributed by atoms with Crippen molar-refractivity contribution in [2.24, 2.45) is 5.10 Å². The highest BCUT2D eigenvalue weighted by Gasteiger charge is 2.13. The third-order valence-electron chi connectivity index (χ3n) is 4.20. The second-order valence-electron chi connectivity index (χ2n) is 6.34. The van der Waals surface area contributed by atoms with Crippen LogP contribution in [0.25, 0.3) is 17.1 Å². The first-order valence-corrected chi connectivity index (χ1v) is 9.45. The number of hydrazone groups is 1. The third kappa shape index (κ3) is 4.26. The Labute approximate surface area is 177 Å². The molecular weight excluding hydrogens is 404 g/mol. The van der Waals surface area contributed by atoms with E-state index in [0.717, 1.165) is 11.3 Å². The minimum Gasteiger partial charge on any atom is -0.271 e. The first kappa shape index (κ1) is 19.5. The number of para-hydroxylation sites is 1. The molecule has 30 heavy (non-hydrogen) atoms. The van der Waals surface area contributed by atoms with Gasteiger partial charge in [-0.3, -0.25) is 4.79 Å². The van der Waals surface area contributed by atoms with Gasteiger partial charge in [0.1, 0.15) is 11.7 Å². The largest absolute Gasteiger partial charge is 0.271 e. The van der Waals surface area contributed by atoms with Crippen LogP contribution in [0.4, 0.5) is 0 Å². The summed E-state index contributed by atoms with van der Waals surface area (Å²) >= 11 is 6.43. The topological polar surface area (TPSA) is 103 Å². The number of rotatable bonds is 6. The van der Waals surface area contributed by atoms with Crippen LogP contribution in [-0.4, -0.2) is 42.1 Å². The van der Waals surface area contributed by atoms with Crippen molar-refractivity contribution in [3.05, 3.63) is 77.1 Å². The Morgan fingerprint density at radius 1 is 1.10 bits per heavy atom. The fourth-order valence-electron chi connectivity index (χ4n) is 2.74. The van der Waals surface area contributed by atoms with Crippen LogP contribution in [0.3, 0.4) is 0 Å². The van der Waals surface area contributed by atoms with Gasteiger partial charge in [0.2, 0.25) is 5.82 Å². The lowest BCUT2D eigenvalue weighted by atomic mass is 10.2. The van der Waals surface area contributed by atoms with Crippen LogP contribution >= 0.6 is 11.6 Å². The number of carbonyl (C=O) groups is 1. The summed E-state index contributed by atoms with van der Waals surface area (Å²) in [6, 6.07) is 18.9. The maximum atomic E-state index is 12.1. The number of benzene rings is 2. The molecule has 0 saturated carbocycles. The zero-order valence-electron chi connectivity index (χ0n) is 16.0. The number of amides is 1. The van der Waals surface area contributed by atoms with Gasteiger partial charge in [-0.2, -0.15) is 15.0 Å². The molecule has 2 aromatic heterocycles. The van der Waals surface area contributed by atoms with E-state index in [9.17, 15) is 4.79 Å². The quantitative estimate of drug-likeness (QED) is 0.381. The molecule has 0 saturated heterocycles. The van der Waals surface area contributed by atoms with Crippen molar-refractivity contribution in [2.45, 2.75) is 13.5 Å². The SMILES string of the molecule is Cc1nn(-c2ccccc2)c(Cl)c1C=NNC(=O)Cn1nnc(-c2ccccc2)n1. The smallest absolute Gasteiger partial charge is 0.263 e. The third-order valence-corrected chi connectivity index (χ3v) is 4.57. The molecule has 0 bridgehead atoms. The van der Waals surface area contributed by atoms with E-state index in [1.165, 1.54) is 11.0 Å². The van der Waals surface area contributed by atoms with E-state index in [2.05, 4.69) is 31.0 Å². The van der Waals surface area contributed by atoms with Crippen LogP contribution in [-0.2, 0) is 11.3 Å². The molecule has 0 aliphatic rings. The first-order valence-electron chi connectivity index (χ1n) is 9.07. The zero-order valence-corrected chi connectivity index (χ0v) is 16.7. The molecule has 4 aromatic rings. The maximum absolute atomic E-state index is 12.1. The van der Waals surface area contributed by atoms with Gasteiger partial charge in [0.05, 0.1) is 23.2 Å². The normalized spacial score (nSPS) is 11.1. The second kappa shape index (κ2) is 8.66. The van der Waals surface area contributed by atoms with Gasteiger partial charge in [-0.15, -0.1) is 10.2 Å². The highest BCUT2D eigenvalue weighted by atomic mass is 35.5. The van der Waals surface area contributed by atoms with E-state index >= 15 is 0 Å². The van der Waals surface area contributed by atoms with E-state index in [4.69, 9.17) is 11.6 Å². The van der Waals surface area contributed by atoms with Crippen molar-refractivity contribution in [2.75, 3.05) is 0 Å². The summed E-state index contributed by atoms with van der Waals surface area (Å²) in [7, 11) is 0. The number of tetrazole rings is 1. The minimum atomic E-state index is -0.396. The number of hydrogen-bond acceptors (Lipinski definition) is 6. The maximum Gasteiger partial charge on any atom is 0.263 e. The van der Waals surface area contributed by atoms with E-state index in [1.54, 1.807) is 4.68 Å². The molecule has 0 aliphatic carbocycles. The molecule has 1 amide bonds. The van der Waals surface area contributed by atoms with Gasteiger partial charge in [-0.1, -0.05) is 60.1 Å². The van der Waals surface area contributed by atoms with Crippen LogP contribution in [0.1, 0.15) is 11.3 Å². The van der Waals surface area contributed by atoms with Crippen LogP contribution in [0, 0.1) is 6.92 Å². The Morgan fingerprint density at radius 3 is 2.53 bits per heavy atom. The molecular formula is C20H17ClN8O.